The van der Waals surface area contributed by atoms with Gasteiger partial charge in [-0.05, 0) is 36.8 Å². The molecule has 2 aromatic heterocycles. The van der Waals surface area contributed by atoms with Crippen LogP contribution in [0.25, 0.3) is 22.4 Å². The molecule has 2 aromatic carbocycles. The van der Waals surface area contributed by atoms with Gasteiger partial charge in [0.15, 0.2) is 11.5 Å². The smallest absolute Gasteiger partial charge is 0.433 e. The number of oxazole rings is 1. The van der Waals surface area contributed by atoms with Crippen molar-refractivity contribution in [2.45, 2.75) is 39.0 Å². The van der Waals surface area contributed by atoms with Gasteiger partial charge in [0.05, 0.1) is 20.3 Å². The summed E-state index contributed by atoms with van der Waals surface area (Å²) in [5, 5.41) is 5.10. The largest absolute Gasteiger partial charge is 0.494 e. The van der Waals surface area contributed by atoms with Crippen LogP contribution in [0.1, 0.15) is 47.3 Å². The molecule has 0 aliphatic heterocycles. The molecule has 4 rings (SSSR count). The zero-order valence-corrected chi connectivity index (χ0v) is 22.4. The average Bonchev–Trinajstić information content (AvgIpc) is 3.38. The lowest BCUT2D eigenvalue weighted by molar-refractivity contribution is -0.140. The molecular weight excluding hydrogens is 567 g/mol. The summed E-state index contributed by atoms with van der Waals surface area (Å²) in [6, 6.07) is 7.66. The van der Waals surface area contributed by atoms with Gasteiger partial charge in [0, 0.05) is 29.1 Å². The molecule has 0 saturated heterocycles. The number of amides is 2. The zero-order chi connectivity index (χ0) is 30.4. The number of benzene rings is 2. The summed E-state index contributed by atoms with van der Waals surface area (Å²) in [6.45, 7) is 1.43. The Labute approximate surface area is 236 Å². The Morgan fingerprint density at radius 1 is 1.00 bits per heavy atom. The number of hydrogen-bond acceptors (Lipinski definition) is 7. The molecule has 14 heteroatoms. The Kier molecular flexibility index (Phi) is 9.23. The highest BCUT2D eigenvalue weighted by atomic mass is 19.4. The van der Waals surface area contributed by atoms with E-state index in [-0.39, 0.29) is 64.8 Å². The third-order valence-electron chi connectivity index (χ3n) is 6.05. The van der Waals surface area contributed by atoms with Crippen molar-refractivity contribution in [2.24, 2.45) is 0 Å². The first kappa shape index (κ1) is 30.2. The minimum Gasteiger partial charge on any atom is -0.494 e. The highest BCUT2D eigenvalue weighted by molar-refractivity contribution is 5.98. The van der Waals surface area contributed by atoms with Crippen molar-refractivity contribution >= 4 is 22.9 Å². The van der Waals surface area contributed by atoms with Gasteiger partial charge < -0.3 is 24.5 Å². The number of methoxy groups -OCH3 is 1. The number of fused-ring (bicyclic) bond motifs is 1. The number of halogens is 5. The first-order chi connectivity index (χ1) is 20.0. The lowest BCUT2D eigenvalue weighted by Gasteiger charge is -2.11. The predicted molar refractivity (Wildman–Crippen MR) is 139 cm³/mol. The lowest BCUT2D eigenvalue weighted by atomic mass is 10.1. The Morgan fingerprint density at radius 2 is 1.79 bits per heavy atom. The van der Waals surface area contributed by atoms with Crippen LogP contribution in [-0.4, -0.2) is 35.7 Å². The average molecular weight is 593 g/mol. The number of nitrogens with zero attached hydrogens (tertiary/aromatic N) is 2. The molecule has 222 valence electrons. The number of unbranched alkanes of at least 4 members (excludes halogenated alkanes) is 1. The number of rotatable bonds is 10. The molecular formula is C28H25F5N4O5. The maximum Gasteiger partial charge on any atom is 0.433 e. The van der Waals surface area contributed by atoms with Crippen LogP contribution in [0.15, 0.2) is 46.9 Å². The quantitative estimate of drug-likeness (QED) is 0.168. The van der Waals surface area contributed by atoms with Gasteiger partial charge in [-0.25, -0.2) is 23.5 Å². The van der Waals surface area contributed by atoms with Crippen LogP contribution >= 0.6 is 0 Å². The molecule has 9 nitrogen and oxygen atoms in total. The van der Waals surface area contributed by atoms with E-state index in [2.05, 4.69) is 20.6 Å². The Bertz CT molecular complexity index is 1610. The fraction of sp³-hybridized carbons (Fsp3) is 0.286. The minimum absolute atomic E-state index is 0.000312. The van der Waals surface area contributed by atoms with Gasteiger partial charge in [-0.3, -0.25) is 4.79 Å². The monoisotopic (exact) mass is 592 g/mol. The molecule has 0 radical (unpaired) electrons. The highest BCUT2D eigenvalue weighted by Crippen LogP contribution is 2.37. The second-order valence-corrected chi connectivity index (χ2v) is 8.96. The van der Waals surface area contributed by atoms with E-state index in [0.29, 0.717) is 12.5 Å². The van der Waals surface area contributed by atoms with E-state index in [1.165, 1.54) is 31.4 Å². The molecule has 2 heterocycles. The molecule has 42 heavy (non-hydrogen) atoms. The van der Waals surface area contributed by atoms with Gasteiger partial charge in [0.1, 0.15) is 28.6 Å². The van der Waals surface area contributed by atoms with Crippen LogP contribution in [0.5, 0.6) is 5.75 Å². The van der Waals surface area contributed by atoms with E-state index in [0.717, 1.165) is 18.6 Å². The zero-order valence-electron chi connectivity index (χ0n) is 22.4. The number of alkyl carbamates (subject to hydrolysis) is 1. The maximum atomic E-state index is 14.1. The fourth-order valence-corrected chi connectivity index (χ4v) is 3.90. The summed E-state index contributed by atoms with van der Waals surface area (Å²) < 4.78 is 83.4. The van der Waals surface area contributed by atoms with E-state index in [9.17, 15) is 31.5 Å². The maximum absolute atomic E-state index is 14.1. The number of pyridine rings is 1. The molecule has 0 spiro atoms. The van der Waals surface area contributed by atoms with Gasteiger partial charge >= 0.3 is 12.3 Å². The Balaban J connectivity index is 1.70. The predicted octanol–water partition coefficient (Wildman–Crippen LogP) is 6.15. The van der Waals surface area contributed by atoms with E-state index < -0.39 is 35.5 Å². The Morgan fingerprint density at radius 3 is 2.48 bits per heavy atom. The molecule has 0 fully saturated rings. The van der Waals surface area contributed by atoms with Crippen molar-refractivity contribution in [1.29, 1.82) is 0 Å². The number of hydrogen-bond donors (Lipinski definition) is 2. The highest BCUT2D eigenvalue weighted by Gasteiger charge is 2.33. The van der Waals surface area contributed by atoms with Crippen molar-refractivity contribution in [3.8, 4) is 17.2 Å². The number of alkyl halides is 3. The summed E-state index contributed by atoms with van der Waals surface area (Å²) in [6.07, 6.45) is -4.05. The molecule has 2 N–H and O–H groups in total. The van der Waals surface area contributed by atoms with Gasteiger partial charge in [0.2, 0.25) is 5.89 Å². The van der Waals surface area contributed by atoms with Crippen molar-refractivity contribution in [1.82, 2.24) is 20.6 Å². The van der Waals surface area contributed by atoms with Crippen molar-refractivity contribution in [2.75, 3.05) is 13.7 Å². The van der Waals surface area contributed by atoms with Crippen LogP contribution < -0.4 is 15.4 Å². The summed E-state index contributed by atoms with van der Waals surface area (Å²) in [5.41, 5.74) is -1.37. The van der Waals surface area contributed by atoms with Crippen LogP contribution in [0.3, 0.4) is 0 Å². The normalized spacial score (nSPS) is 11.4. The standard InChI is InChI=1S/C28H25F5N4O5/c1-3-4-11-41-27(39)35-14-21-24(25(38)34-13-15-5-6-16(29)12-19(15)30)37-26(42-21)18-7-9-20(40-2)23-17(18)8-10-22(36-23)28(31,32)33/h5-10,12H,3-4,11,13-14H2,1-2H3,(H,34,38)(H,35,39). The molecule has 4 aromatic rings. The number of carbonyl (C=O) groups excluding carboxylic acids is 2. The van der Waals surface area contributed by atoms with Crippen LogP contribution in [0.2, 0.25) is 0 Å². The van der Waals surface area contributed by atoms with Gasteiger partial charge in [0.25, 0.3) is 5.91 Å². The van der Waals surface area contributed by atoms with Gasteiger partial charge in [-0.2, -0.15) is 13.2 Å². The number of ether oxygens (including phenoxy) is 2. The van der Waals surface area contributed by atoms with Gasteiger partial charge in [-0.15, -0.1) is 0 Å². The van der Waals surface area contributed by atoms with Crippen LogP contribution in [-0.2, 0) is 24.0 Å². The third kappa shape index (κ3) is 6.93. The summed E-state index contributed by atoms with van der Waals surface area (Å²) >= 11 is 0. The van der Waals surface area contributed by atoms with E-state index in [1.807, 2.05) is 6.92 Å². The summed E-state index contributed by atoms with van der Waals surface area (Å²) in [5.74, 6) is -2.70. The molecule has 0 saturated carbocycles. The van der Waals surface area contributed by atoms with Crippen LogP contribution in [0, 0.1) is 11.6 Å². The second kappa shape index (κ2) is 12.8. The lowest BCUT2D eigenvalue weighted by Crippen LogP contribution is -2.28. The molecule has 2 amide bonds. The molecule has 0 aliphatic carbocycles. The molecule has 0 unspecified atom stereocenters. The number of aromatic nitrogens is 2. The van der Waals surface area contributed by atoms with Gasteiger partial charge in [-0.1, -0.05) is 19.4 Å². The number of nitrogens with one attached hydrogen (secondary N) is 2. The molecule has 0 bridgehead atoms. The van der Waals surface area contributed by atoms with E-state index >= 15 is 0 Å². The Hall–Kier alpha value is -4.75. The van der Waals surface area contributed by atoms with Crippen molar-refractivity contribution in [3.05, 3.63) is 76.8 Å². The minimum atomic E-state index is -4.71. The van der Waals surface area contributed by atoms with E-state index in [4.69, 9.17) is 13.9 Å². The first-order valence-electron chi connectivity index (χ1n) is 12.7. The SMILES string of the molecule is CCCCOC(=O)NCc1oc(-c2ccc(OC)c3nc(C(F)(F)F)ccc23)nc1C(=O)NCc1ccc(F)cc1F. The summed E-state index contributed by atoms with van der Waals surface area (Å²) in [4.78, 5) is 33.2. The van der Waals surface area contributed by atoms with Crippen molar-refractivity contribution < 1.29 is 45.4 Å². The van der Waals surface area contributed by atoms with E-state index in [1.54, 1.807) is 0 Å². The second-order valence-electron chi connectivity index (χ2n) is 8.96. The molecule has 0 atom stereocenters. The third-order valence-corrected chi connectivity index (χ3v) is 6.05. The summed E-state index contributed by atoms with van der Waals surface area (Å²) in [7, 11) is 1.28. The number of carbonyl (C=O) groups is 2. The molecule has 0 aliphatic rings. The van der Waals surface area contributed by atoms with Crippen molar-refractivity contribution in [3.63, 3.8) is 0 Å². The topological polar surface area (TPSA) is 116 Å². The fourth-order valence-electron chi connectivity index (χ4n) is 3.90. The van der Waals surface area contributed by atoms with Crippen LogP contribution in [0.4, 0.5) is 26.7 Å². The first-order valence-corrected chi connectivity index (χ1v) is 12.7.